The van der Waals surface area contributed by atoms with Gasteiger partial charge in [-0.1, -0.05) is 28.1 Å². The van der Waals surface area contributed by atoms with Crippen molar-refractivity contribution in [1.29, 1.82) is 0 Å². The quantitative estimate of drug-likeness (QED) is 0.527. The molecule has 0 radical (unpaired) electrons. The van der Waals surface area contributed by atoms with Gasteiger partial charge in [-0.25, -0.2) is 9.59 Å². The predicted molar refractivity (Wildman–Crippen MR) is 129 cm³/mol. The summed E-state index contributed by atoms with van der Waals surface area (Å²) < 4.78 is 23.8. The molecule has 0 aliphatic rings. The maximum Gasteiger partial charge on any atom is 0.411 e. The zero-order valence-electron chi connectivity index (χ0n) is 18.9. The summed E-state index contributed by atoms with van der Waals surface area (Å²) in [5, 5.41) is 2.68. The lowest BCUT2D eigenvalue weighted by atomic mass is 10.2. The van der Waals surface area contributed by atoms with Crippen molar-refractivity contribution in [2.24, 2.45) is 0 Å². The van der Waals surface area contributed by atoms with Crippen molar-refractivity contribution >= 4 is 44.6 Å². The molecule has 0 aliphatic carbocycles. The second-order valence-electron chi connectivity index (χ2n) is 8.25. The third-order valence-corrected chi connectivity index (χ3v) is 5.81. The first kappa shape index (κ1) is 25.9. The molecule has 0 saturated heterocycles. The third-order valence-electron chi connectivity index (χ3n) is 4.27. The molecule has 0 aromatic heterocycles. The zero-order chi connectivity index (χ0) is 23.9. The van der Waals surface area contributed by atoms with Crippen LogP contribution in [-0.2, 0) is 33.2 Å². The van der Waals surface area contributed by atoms with Gasteiger partial charge in [-0.15, -0.1) is 0 Å². The van der Waals surface area contributed by atoms with E-state index in [2.05, 4.69) is 21.2 Å². The highest BCUT2D eigenvalue weighted by molar-refractivity contribution is 9.10. The van der Waals surface area contributed by atoms with Gasteiger partial charge in [0.15, 0.2) is 0 Å². The Morgan fingerprint density at radius 2 is 1.78 bits per heavy atom. The molecule has 1 atom stereocenters. The molecule has 2 rings (SSSR count). The topological polar surface area (TPSA) is 84.9 Å². The SMILES string of the molecule is CN(Cc1cc(NC(=O)OCCc2ccc(Br)cc2)ccc1S(C)=O)C(=O)OC(C)(C)C. The second kappa shape index (κ2) is 11.5. The van der Waals surface area contributed by atoms with E-state index >= 15 is 0 Å². The van der Waals surface area contributed by atoms with Crippen LogP contribution in [0.1, 0.15) is 31.9 Å². The lowest BCUT2D eigenvalue weighted by Crippen LogP contribution is -2.34. The molecule has 7 nitrogen and oxygen atoms in total. The number of nitrogens with one attached hydrogen (secondary N) is 1. The van der Waals surface area contributed by atoms with Gasteiger partial charge in [-0.2, -0.15) is 0 Å². The highest BCUT2D eigenvalue weighted by Gasteiger charge is 2.21. The van der Waals surface area contributed by atoms with E-state index in [1.54, 1.807) is 52.3 Å². The van der Waals surface area contributed by atoms with E-state index in [0.717, 1.165) is 10.0 Å². The minimum Gasteiger partial charge on any atom is -0.449 e. The third kappa shape index (κ3) is 8.63. The van der Waals surface area contributed by atoms with Crippen molar-refractivity contribution in [3.63, 3.8) is 0 Å². The highest BCUT2D eigenvalue weighted by Crippen LogP contribution is 2.21. The fourth-order valence-corrected chi connectivity index (χ4v) is 3.80. The van der Waals surface area contributed by atoms with Crippen LogP contribution in [0.4, 0.5) is 15.3 Å². The van der Waals surface area contributed by atoms with Crippen LogP contribution in [-0.4, -0.2) is 46.8 Å². The molecule has 2 aromatic carbocycles. The molecule has 32 heavy (non-hydrogen) atoms. The largest absolute Gasteiger partial charge is 0.449 e. The van der Waals surface area contributed by atoms with Crippen LogP contribution < -0.4 is 5.32 Å². The second-order valence-corrected chi connectivity index (χ2v) is 10.5. The Balaban J connectivity index is 2.01. The van der Waals surface area contributed by atoms with Crippen molar-refractivity contribution in [3.05, 3.63) is 58.1 Å². The summed E-state index contributed by atoms with van der Waals surface area (Å²) in [4.78, 5) is 26.5. The average Bonchev–Trinajstić information content (AvgIpc) is 2.68. The highest BCUT2D eigenvalue weighted by atomic mass is 79.9. The van der Waals surface area contributed by atoms with E-state index < -0.39 is 28.6 Å². The van der Waals surface area contributed by atoms with Crippen LogP contribution in [0.5, 0.6) is 0 Å². The maximum absolute atomic E-state index is 12.3. The number of benzene rings is 2. The number of hydrogen-bond acceptors (Lipinski definition) is 5. The van der Waals surface area contributed by atoms with Gasteiger partial charge >= 0.3 is 12.2 Å². The van der Waals surface area contributed by atoms with E-state index in [4.69, 9.17) is 9.47 Å². The first-order chi connectivity index (χ1) is 14.9. The Hall–Kier alpha value is -2.39. The number of carbonyl (C=O) groups excluding carboxylic acids is 2. The molecule has 0 saturated carbocycles. The fourth-order valence-electron chi connectivity index (χ4n) is 2.79. The van der Waals surface area contributed by atoms with Gasteiger partial charge in [0.05, 0.1) is 17.4 Å². The molecule has 0 heterocycles. The van der Waals surface area contributed by atoms with Crippen LogP contribution >= 0.6 is 15.9 Å². The molecule has 1 unspecified atom stereocenters. The summed E-state index contributed by atoms with van der Waals surface area (Å²) >= 11 is 3.39. The van der Waals surface area contributed by atoms with E-state index in [9.17, 15) is 13.8 Å². The maximum atomic E-state index is 12.3. The minimum atomic E-state index is -1.26. The molecule has 0 spiro atoms. The van der Waals surface area contributed by atoms with Gasteiger partial charge < -0.3 is 14.4 Å². The van der Waals surface area contributed by atoms with Crippen LogP contribution in [0.3, 0.4) is 0 Å². The van der Waals surface area contributed by atoms with Crippen molar-refractivity contribution < 1.29 is 23.3 Å². The molecule has 0 fully saturated rings. The number of carbonyl (C=O) groups is 2. The van der Waals surface area contributed by atoms with Crippen LogP contribution in [0, 0.1) is 0 Å². The molecular weight excluding hydrogens is 496 g/mol. The Labute approximate surface area is 200 Å². The first-order valence-corrected chi connectivity index (χ1v) is 12.4. The Bertz CT molecular complexity index is 973. The normalized spacial score (nSPS) is 12.1. The number of halogens is 1. The van der Waals surface area contributed by atoms with Gasteiger partial charge in [-0.3, -0.25) is 9.53 Å². The molecule has 1 N–H and O–H groups in total. The van der Waals surface area contributed by atoms with Crippen LogP contribution in [0.25, 0.3) is 0 Å². The number of nitrogens with zero attached hydrogens (tertiary/aromatic N) is 1. The summed E-state index contributed by atoms with van der Waals surface area (Å²) in [6, 6.07) is 12.8. The van der Waals surface area contributed by atoms with Crippen molar-refractivity contribution in [2.45, 2.75) is 44.2 Å². The number of anilines is 1. The molecule has 0 aliphatic heterocycles. The van der Waals surface area contributed by atoms with Crippen LogP contribution in [0.15, 0.2) is 51.8 Å². The summed E-state index contributed by atoms with van der Waals surface area (Å²) in [5.74, 6) is 0. The van der Waals surface area contributed by atoms with Gasteiger partial charge in [0, 0.05) is 41.3 Å². The van der Waals surface area contributed by atoms with Gasteiger partial charge in [-0.05, 0) is 62.2 Å². The standard InChI is InChI=1S/C23H29BrN2O5S/c1-23(2,3)31-22(28)26(4)15-17-14-19(10-11-20(17)32(5)29)25-21(27)30-13-12-16-6-8-18(24)9-7-16/h6-11,14H,12-13,15H2,1-5H3,(H,25,27). The predicted octanol–water partition coefficient (Wildman–Crippen LogP) is 5.34. The first-order valence-electron chi connectivity index (χ1n) is 10.0. The van der Waals surface area contributed by atoms with Gasteiger partial charge in [0.25, 0.3) is 0 Å². The average molecular weight is 525 g/mol. The molecule has 9 heteroatoms. The molecule has 174 valence electrons. The Kier molecular flexibility index (Phi) is 9.27. The van der Waals surface area contributed by atoms with Crippen LogP contribution in [0.2, 0.25) is 0 Å². The number of rotatable bonds is 7. The summed E-state index contributed by atoms with van der Waals surface area (Å²) in [5.41, 5.74) is 1.57. The molecule has 0 bridgehead atoms. The van der Waals surface area contributed by atoms with Crippen molar-refractivity contribution in [2.75, 3.05) is 25.2 Å². The number of ether oxygens (including phenoxy) is 2. The lowest BCUT2D eigenvalue weighted by Gasteiger charge is -2.25. The lowest BCUT2D eigenvalue weighted by molar-refractivity contribution is 0.0284. The number of hydrogen-bond donors (Lipinski definition) is 1. The van der Waals surface area contributed by atoms with E-state index in [0.29, 0.717) is 22.6 Å². The molecule has 2 aromatic rings. The van der Waals surface area contributed by atoms with Gasteiger partial charge in [0.2, 0.25) is 0 Å². The fraction of sp³-hybridized carbons (Fsp3) is 0.391. The smallest absolute Gasteiger partial charge is 0.411 e. The summed E-state index contributed by atoms with van der Waals surface area (Å²) in [6.45, 7) is 5.78. The van der Waals surface area contributed by atoms with E-state index in [1.807, 2.05) is 24.3 Å². The number of amides is 2. The monoisotopic (exact) mass is 524 g/mol. The van der Waals surface area contributed by atoms with Crippen molar-refractivity contribution in [3.8, 4) is 0 Å². The van der Waals surface area contributed by atoms with E-state index in [1.165, 1.54) is 4.90 Å². The summed E-state index contributed by atoms with van der Waals surface area (Å²) in [7, 11) is 0.340. The van der Waals surface area contributed by atoms with Crippen molar-refractivity contribution in [1.82, 2.24) is 4.90 Å². The zero-order valence-corrected chi connectivity index (χ0v) is 21.3. The Morgan fingerprint density at radius 3 is 2.38 bits per heavy atom. The summed E-state index contributed by atoms with van der Waals surface area (Å²) in [6.07, 6.45) is 1.09. The molecular formula is C23H29BrN2O5S. The molecule has 2 amide bonds. The minimum absolute atomic E-state index is 0.179. The van der Waals surface area contributed by atoms with E-state index in [-0.39, 0.29) is 13.2 Å². The van der Waals surface area contributed by atoms with Gasteiger partial charge in [0.1, 0.15) is 5.60 Å². The Morgan fingerprint density at radius 1 is 1.12 bits per heavy atom.